The standard InChI is InChI=1S/C22H22BrNO4S/c1-21(2)17(24-19(27)22(23,13-25)20(24)29-21)18(26)28-16(14-9-5-3-6-10-14)15-11-7-4-8-12-15/h3-12,16-17,20,25H,13H2,1-2H3/t17-,20+,22+/m0/s1. The van der Waals surface area contributed by atoms with Crippen molar-refractivity contribution in [3.8, 4) is 0 Å². The first-order valence-corrected chi connectivity index (χ1v) is 11.1. The molecule has 1 N–H and O–H groups in total. The number of hydrogen-bond donors (Lipinski definition) is 1. The molecule has 2 heterocycles. The van der Waals surface area contributed by atoms with Crippen LogP contribution in [-0.4, -0.2) is 49.0 Å². The first-order chi connectivity index (χ1) is 13.8. The van der Waals surface area contributed by atoms with Crippen LogP contribution in [0.2, 0.25) is 0 Å². The van der Waals surface area contributed by atoms with E-state index in [0.717, 1.165) is 11.1 Å². The fraction of sp³-hybridized carbons (Fsp3) is 0.364. The average Bonchev–Trinajstić information content (AvgIpc) is 3.01. The van der Waals surface area contributed by atoms with Crippen LogP contribution in [0.25, 0.3) is 0 Å². The Labute approximate surface area is 182 Å². The minimum Gasteiger partial charge on any atom is -0.451 e. The largest absolute Gasteiger partial charge is 0.451 e. The zero-order valence-electron chi connectivity index (χ0n) is 16.1. The van der Waals surface area contributed by atoms with Crippen molar-refractivity contribution in [1.29, 1.82) is 0 Å². The lowest BCUT2D eigenvalue weighted by molar-refractivity contribution is -0.167. The molecule has 29 heavy (non-hydrogen) atoms. The van der Waals surface area contributed by atoms with Crippen LogP contribution < -0.4 is 0 Å². The number of esters is 1. The third kappa shape index (κ3) is 3.29. The second-order valence-corrected chi connectivity index (χ2v) is 11.0. The van der Waals surface area contributed by atoms with Crippen molar-refractivity contribution in [2.45, 2.75) is 40.4 Å². The number of nitrogens with zero attached hydrogens (tertiary/aromatic N) is 1. The number of hydrogen-bond acceptors (Lipinski definition) is 5. The van der Waals surface area contributed by atoms with Crippen molar-refractivity contribution in [1.82, 2.24) is 4.90 Å². The Bertz CT molecular complexity index is 883. The van der Waals surface area contributed by atoms with Crippen molar-refractivity contribution >= 4 is 39.6 Å². The van der Waals surface area contributed by atoms with E-state index in [2.05, 4.69) is 15.9 Å². The maximum Gasteiger partial charge on any atom is 0.331 e. The predicted octanol–water partition coefficient (Wildman–Crippen LogP) is 3.51. The number of aliphatic hydroxyl groups excluding tert-OH is 1. The summed E-state index contributed by atoms with van der Waals surface area (Å²) < 4.78 is 4.45. The van der Waals surface area contributed by atoms with Gasteiger partial charge >= 0.3 is 5.97 Å². The summed E-state index contributed by atoms with van der Waals surface area (Å²) in [4.78, 5) is 27.6. The Kier molecular flexibility index (Phi) is 5.25. The van der Waals surface area contributed by atoms with E-state index in [1.54, 1.807) is 4.90 Å². The van der Waals surface area contributed by atoms with Crippen molar-refractivity contribution in [3.05, 3.63) is 71.8 Å². The van der Waals surface area contributed by atoms with E-state index in [0.29, 0.717) is 0 Å². The number of carbonyl (C=O) groups is 2. The van der Waals surface area contributed by atoms with Gasteiger partial charge in [-0.1, -0.05) is 76.6 Å². The Morgan fingerprint density at radius 3 is 2.14 bits per heavy atom. The Hall–Kier alpha value is -1.83. The number of carbonyl (C=O) groups excluding carboxylic acids is 2. The minimum atomic E-state index is -1.03. The molecular weight excluding hydrogens is 454 g/mol. The van der Waals surface area contributed by atoms with Crippen LogP contribution in [-0.2, 0) is 14.3 Å². The van der Waals surface area contributed by atoms with Crippen molar-refractivity contribution in [2.24, 2.45) is 0 Å². The summed E-state index contributed by atoms with van der Waals surface area (Å²) in [5.41, 5.74) is 1.74. The first-order valence-electron chi connectivity index (χ1n) is 9.40. The number of rotatable bonds is 5. The minimum absolute atomic E-state index is 0.277. The van der Waals surface area contributed by atoms with E-state index in [4.69, 9.17) is 4.74 Å². The smallest absolute Gasteiger partial charge is 0.331 e. The number of thioether (sulfide) groups is 1. The molecule has 0 aromatic heterocycles. The zero-order valence-corrected chi connectivity index (χ0v) is 18.5. The fourth-order valence-electron chi connectivity index (χ4n) is 3.98. The molecule has 3 atom stereocenters. The number of amides is 1. The monoisotopic (exact) mass is 475 g/mol. The van der Waals surface area contributed by atoms with E-state index < -0.39 is 27.2 Å². The summed E-state index contributed by atoms with van der Waals surface area (Å²) >= 11 is 4.88. The molecule has 2 aromatic rings. The van der Waals surface area contributed by atoms with Crippen LogP contribution in [0.1, 0.15) is 31.1 Å². The first kappa shape index (κ1) is 20.4. The highest BCUT2D eigenvalue weighted by Gasteiger charge is 2.70. The van der Waals surface area contributed by atoms with Gasteiger partial charge in [0.2, 0.25) is 5.91 Å². The third-order valence-corrected chi connectivity index (χ3v) is 8.49. The molecule has 4 rings (SSSR count). The molecule has 0 spiro atoms. The van der Waals surface area contributed by atoms with Crippen LogP contribution in [0, 0.1) is 0 Å². The molecule has 0 bridgehead atoms. The van der Waals surface area contributed by atoms with Gasteiger partial charge in [-0.15, -0.1) is 11.8 Å². The summed E-state index contributed by atoms with van der Waals surface area (Å²) in [6.07, 6.45) is -0.562. The molecule has 2 saturated heterocycles. The summed E-state index contributed by atoms with van der Waals surface area (Å²) in [7, 11) is 0. The molecule has 0 aliphatic carbocycles. The Morgan fingerprint density at radius 1 is 1.14 bits per heavy atom. The molecule has 0 unspecified atom stereocenters. The second-order valence-electron chi connectivity index (χ2n) is 7.85. The highest BCUT2D eigenvalue weighted by atomic mass is 79.9. The number of ether oxygens (including phenoxy) is 1. The van der Waals surface area contributed by atoms with E-state index in [9.17, 15) is 14.7 Å². The van der Waals surface area contributed by atoms with E-state index in [1.807, 2.05) is 74.5 Å². The summed E-state index contributed by atoms with van der Waals surface area (Å²) in [6, 6.07) is 18.4. The van der Waals surface area contributed by atoms with E-state index in [-0.39, 0.29) is 17.9 Å². The second kappa shape index (κ2) is 7.45. The van der Waals surface area contributed by atoms with Gasteiger partial charge in [0.05, 0.1) is 6.61 Å². The van der Waals surface area contributed by atoms with Gasteiger partial charge in [0.15, 0.2) is 10.4 Å². The summed E-state index contributed by atoms with van der Waals surface area (Å²) in [5, 5.41) is 9.37. The van der Waals surface area contributed by atoms with Crippen molar-refractivity contribution in [3.63, 3.8) is 0 Å². The Morgan fingerprint density at radius 2 is 1.66 bits per heavy atom. The topological polar surface area (TPSA) is 66.8 Å². The highest BCUT2D eigenvalue weighted by Crippen LogP contribution is 2.58. The van der Waals surface area contributed by atoms with Crippen LogP contribution in [0.4, 0.5) is 0 Å². The molecule has 5 nitrogen and oxygen atoms in total. The number of benzene rings is 2. The number of halogens is 1. The van der Waals surface area contributed by atoms with E-state index in [1.165, 1.54) is 11.8 Å². The van der Waals surface area contributed by atoms with E-state index >= 15 is 0 Å². The number of aliphatic hydroxyl groups is 1. The third-order valence-electron chi connectivity index (χ3n) is 5.48. The molecule has 2 aliphatic rings. The zero-order chi connectivity index (χ0) is 20.8. The highest BCUT2D eigenvalue weighted by molar-refractivity contribution is 9.10. The van der Waals surface area contributed by atoms with Crippen LogP contribution in [0.5, 0.6) is 0 Å². The summed E-state index contributed by atoms with van der Waals surface area (Å²) in [6.45, 7) is 3.55. The lowest BCUT2D eigenvalue weighted by Crippen LogP contribution is -2.72. The van der Waals surface area contributed by atoms with Gasteiger partial charge in [-0.3, -0.25) is 4.79 Å². The van der Waals surface area contributed by atoms with Gasteiger partial charge in [-0.05, 0) is 25.0 Å². The van der Waals surface area contributed by atoms with Crippen LogP contribution in [0.3, 0.4) is 0 Å². The van der Waals surface area contributed by atoms with Gasteiger partial charge in [0.25, 0.3) is 0 Å². The maximum absolute atomic E-state index is 13.3. The van der Waals surface area contributed by atoms with Gasteiger partial charge in [-0.2, -0.15) is 0 Å². The van der Waals surface area contributed by atoms with Crippen LogP contribution in [0.15, 0.2) is 60.7 Å². The molecule has 2 aliphatic heterocycles. The average molecular weight is 476 g/mol. The summed E-state index contributed by atoms with van der Waals surface area (Å²) in [5.74, 6) is -0.718. The lowest BCUT2D eigenvalue weighted by atomic mass is 9.92. The molecule has 7 heteroatoms. The predicted molar refractivity (Wildman–Crippen MR) is 116 cm³/mol. The molecule has 0 radical (unpaired) electrons. The molecule has 2 fully saturated rings. The molecular formula is C22H22BrNO4S. The normalized spacial score (nSPS) is 27.5. The van der Waals surface area contributed by atoms with Gasteiger partial charge in [0.1, 0.15) is 11.4 Å². The lowest BCUT2D eigenvalue weighted by Gasteiger charge is -2.49. The molecule has 2 aromatic carbocycles. The quantitative estimate of drug-likeness (QED) is 0.407. The van der Waals surface area contributed by atoms with Crippen molar-refractivity contribution < 1.29 is 19.4 Å². The number of alkyl halides is 1. The van der Waals surface area contributed by atoms with Gasteiger partial charge < -0.3 is 14.7 Å². The maximum atomic E-state index is 13.3. The fourth-order valence-corrected chi connectivity index (χ4v) is 6.29. The SMILES string of the molecule is CC1(C)S[C@H]2N(C(=O)[C@]2(Br)CO)[C@H]1C(=O)OC(c1ccccc1)c1ccccc1. The van der Waals surface area contributed by atoms with Gasteiger partial charge in [0, 0.05) is 4.75 Å². The molecule has 0 saturated carbocycles. The Balaban J connectivity index is 1.64. The number of β-lactam (4-membered cyclic amide) rings is 1. The molecule has 1 amide bonds. The van der Waals surface area contributed by atoms with Crippen molar-refractivity contribution in [2.75, 3.05) is 6.61 Å². The molecule has 152 valence electrons. The van der Waals surface area contributed by atoms with Gasteiger partial charge in [-0.25, -0.2) is 4.79 Å². The van der Waals surface area contributed by atoms with Crippen LogP contribution >= 0.6 is 27.7 Å². The number of fused-ring (bicyclic) bond motifs is 1.